The van der Waals surface area contributed by atoms with Crippen molar-refractivity contribution < 1.29 is 8.42 Å². The number of pyridine rings is 1. The lowest BCUT2D eigenvalue weighted by Gasteiger charge is -2.20. The van der Waals surface area contributed by atoms with Crippen LogP contribution in [-0.2, 0) is 9.84 Å². The molecular formula is C16H20N2O2S. The summed E-state index contributed by atoms with van der Waals surface area (Å²) in [7, 11) is -3.14. The van der Waals surface area contributed by atoms with E-state index in [-0.39, 0.29) is 12.1 Å². The molecule has 0 fully saturated rings. The third-order valence-electron chi connectivity index (χ3n) is 3.49. The molecule has 0 amide bonds. The fraction of sp³-hybridized carbons (Fsp3) is 0.312. The maximum absolute atomic E-state index is 11.5. The van der Waals surface area contributed by atoms with E-state index >= 15 is 0 Å². The van der Waals surface area contributed by atoms with Crippen molar-refractivity contribution >= 4 is 9.84 Å². The standard InChI is InChI=1S/C16H20N2O2S/c1-12(18-13(2)15-5-4-10-17-11-15)14-6-8-16(9-7-14)21(3,19)20/h4-13,18H,1-3H3. The van der Waals surface area contributed by atoms with Crippen LogP contribution in [0.3, 0.4) is 0 Å². The van der Waals surface area contributed by atoms with Crippen molar-refractivity contribution in [1.29, 1.82) is 0 Å². The van der Waals surface area contributed by atoms with Crippen LogP contribution in [-0.4, -0.2) is 19.7 Å². The summed E-state index contributed by atoms with van der Waals surface area (Å²) in [5.74, 6) is 0. The van der Waals surface area contributed by atoms with Crippen LogP contribution in [0.25, 0.3) is 0 Å². The number of nitrogens with zero attached hydrogens (tertiary/aromatic N) is 1. The van der Waals surface area contributed by atoms with E-state index in [1.54, 1.807) is 18.3 Å². The first-order chi connectivity index (χ1) is 9.88. The smallest absolute Gasteiger partial charge is 0.175 e. The van der Waals surface area contributed by atoms with E-state index in [0.717, 1.165) is 11.1 Å². The minimum absolute atomic E-state index is 0.119. The van der Waals surface area contributed by atoms with Crippen LogP contribution in [0.1, 0.15) is 37.1 Å². The van der Waals surface area contributed by atoms with Gasteiger partial charge in [-0.3, -0.25) is 4.98 Å². The van der Waals surface area contributed by atoms with Crippen LogP contribution >= 0.6 is 0 Å². The summed E-state index contributed by atoms with van der Waals surface area (Å²) in [6.07, 6.45) is 4.81. The molecule has 21 heavy (non-hydrogen) atoms. The van der Waals surface area contributed by atoms with Gasteiger partial charge >= 0.3 is 0 Å². The van der Waals surface area contributed by atoms with E-state index in [2.05, 4.69) is 24.1 Å². The molecule has 1 heterocycles. The van der Waals surface area contributed by atoms with E-state index in [9.17, 15) is 8.42 Å². The van der Waals surface area contributed by atoms with Gasteiger partial charge in [-0.1, -0.05) is 18.2 Å². The van der Waals surface area contributed by atoms with E-state index in [1.165, 1.54) is 6.26 Å². The van der Waals surface area contributed by atoms with Crippen LogP contribution in [0, 0.1) is 0 Å². The largest absolute Gasteiger partial charge is 0.304 e. The van der Waals surface area contributed by atoms with Crippen LogP contribution in [0.4, 0.5) is 0 Å². The Morgan fingerprint density at radius 2 is 1.62 bits per heavy atom. The van der Waals surface area contributed by atoms with Crippen LogP contribution in [0.2, 0.25) is 0 Å². The van der Waals surface area contributed by atoms with Gasteiger partial charge in [-0.25, -0.2) is 8.42 Å². The quantitative estimate of drug-likeness (QED) is 0.922. The molecule has 1 aromatic carbocycles. The number of hydrogen-bond donors (Lipinski definition) is 1. The average molecular weight is 304 g/mol. The van der Waals surface area contributed by atoms with Crippen molar-refractivity contribution in [2.45, 2.75) is 30.8 Å². The van der Waals surface area contributed by atoms with Crippen molar-refractivity contribution in [3.63, 3.8) is 0 Å². The molecule has 0 saturated heterocycles. The molecular weight excluding hydrogens is 284 g/mol. The van der Waals surface area contributed by atoms with Crippen molar-refractivity contribution in [3.05, 3.63) is 59.9 Å². The molecule has 0 bridgehead atoms. The minimum atomic E-state index is -3.14. The molecule has 0 aliphatic heterocycles. The molecule has 1 aromatic heterocycles. The number of nitrogens with one attached hydrogen (secondary N) is 1. The Kier molecular flexibility index (Phi) is 4.75. The molecule has 1 N–H and O–H groups in total. The minimum Gasteiger partial charge on any atom is -0.304 e. The van der Waals surface area contributed by atoms with Gasteiger partial charge in [0, 0.05) is 30.7 Å². The first kappa shape index (κ1) is 15.7. The van der Waals surface area contributed by atoms with Crippen molar-refractivity contribution in [2.24, 2.45) is 0 Å². The summed E-state index contributed by atoms with van der Waals surface area (Å²) in [6, 6.07) is 11.2. The van der Waals surface area contributed by atoms with Gasteiger partial charge in [0.2, 0.25) is 0 Å². The number of hydrogen-bond acceptors (Lipinski definition) is 4. The molecule has 0 radical (unpaired) electrons. The Morgan fingerprint density at radius 1 is 1.00 bits per heavy atom. The predicted octanol–water partition coefficient (Wildman–Crippen LogP) is 2.90. The van der Waals surface area contributed by atoms with Gasteiger partial charge < -0.3 is 5.32 Å². The van der Waals surface area contributed by atoms with E-state index in [1.807, 2.05) is 30.5 Å². The molecule has 2 rings (SSSR count). The molecule has 0 aliphatic carbocycles. The highest BCUT2D eigenvalue weighted by molar-refractivity contribution is 7.90. The normalized spacial score (nSPS) is 14.6. The van der Waals surface area contributed by atoms with Gasteiger partial charge in [-0.15, -0.1) is 0 Å². The maximum Gasteiger partial charge on any atom is 0.175 e. The summed E-state index contributed by atoms with van der Waals surface area (Å²) in [4.78, 5) is 4.46. The SMILES string of the molecule is CC(NC(C)c1cccnc1)c1ccc(S(C)(=O)=O)cc1. The second-order valence-corrected chi connectivity index (χ2v) is 7.25. The number of benzene rings is 1. The fourth-order valence-corrected chi connectivity index (χ4v) is 2.83. The van der Waals surface area contributed by atoms with E-state index in [0.29, 0.717) is 4.90 Å². The monoisotopic (exact) mass is 304 g/mol. The fourth-order valence-electron chi connectivity index (χ4n) is 2.20. The number of rotatable bonds is 5. The van der Waals surface area contributed by atoms with Gasteiger partial charge in [-0.2, -0.15) is 0 Å². The van der Waals surface area contributed by atoms with Crippen molar-refractivity contribution in [1.82, 2.24) is 10.3 Å². The Morgan fingerprint density at radius 3 is 2.14 bits per heavy atom. The van der Waals surface area contributed by atoms with Crippen molar-refractivity contribution in [3.8, 4) is 0 Å². The zero-order valence-corrected chi connectivity index (χ0v) is 13.3. The molecule has 2 atom stereocenters. The highest BCUT2D eigenvalue weighted by Gasteiger charge is 2.12. The Bertz CT molecular complexity index is 682. The highest BCUT2D eigenvalue weighted by Crippen LogP contribution is 2.20. The molecule has 2 aromatic rings. The van der Waals surface area contributed by atoms with Crippen LogP contribution in [0.5, 0.6) is 0 Å². The predicted molar refractivity (Wildman–Crippen MR) is 83.8 cm³/mol. The average Bonchev–Trinajstić information content (AvgIpc) is 2.47. The van der Waals surface area contributed by atoms with Gasteiger partial charge in [0.15, 0.2) is 9.84 Å². The highest BCUT2D eigenvalue weighted by atomic mass is 32.2. The van der Waals surface area contributed by atoms with E-state index < -0.39 is 9.84 Å². The molecule has 0 aliphatic rings. The third-order valence-corrected chi connectivity index (χ3v) is 4.62. The number of aromatic nitrogens is 1. The summed E-state index contributed by atoms with van der Waals surface area (Å²) in [6.45, 7) is 4.14. The molecule has 5 heteroatoms. The molecule has 112 valence electrons. The van der Waals surface area contributed by atoms with Gasteiger partial charge in [0.25, 0.3) is 0 Å². The Balaban J connectivity index is 2.08. The maximum atomic E-state index is 11.5. The second-order valence-electron chi connectivity index (χ2n) is 5.24. The summed E-state index contributed by atoms with van der Waals surface area (Å²) in [5.41, 5.74) is 2.18. The molecule has 0 spiro atoms. The van der Waals surface area contributed by atoms with Crippen LogP contribution in [0.15, 0.2) is 53.7 Å². The van der Waals surface area contributed by atoms with E-state index in [4.69, 9.17) is 0 Å². The Hall–Kier alpha value is -1.72. The lowest BCUT2D eigenvalue weighted by molar-refractivity contribution is 0.493. The zero-order valence-electron chi connectivity index (χ0n) is 12.4. The first-order valence-corrected chi connectivity index (χ1v) is 8.73. The zero-order chi connectivity index (χ0) is 15.5. The molecule has 2 unspecified atom stereocenters. The molecule has 4 nitrogen and oxygen atoms in total. The Labute approximate surface area is 126 Å². The lowest BCUT2D eigenvalue weighted by atomic mass is 10.1. The van der Waals surface area contributed by atoms with Crippen LogP contribution < -0.4 is 5.32 Å². The van der Waals surface area contributed by atoms with Gasteiger partial charge in [0.1, 0.15) is 0 Å². The van der Waals surface area contributed by atoms with Gasteiger partial charge in [-0.05, 0) is 43.2 Å². The second kappa shape index (κ2) is 6.37. The van der Waals surface area contributed by atoms with Gasteiger partial charge in [0.05, 0.1) is 4.90 Å². The summed E-state index contributed by atoms with van der Waals surface area (Å²) >= 11 is 0. The van der Waals surface area contributed by atoms with Crippen molar-refractivity contribution in [2.75, 3.05) is 6.26 Å². The molecule has 0 saturated carbocycles. The summed E-state index contributed by atoms with van der Waals surface area (Å²) in [5, 5.41) is 3.48. The lowest BCUT2D eigenvalue weighted by Crippen LogP contribution is -2.22. The summed E-state index contributed by atoms with van der Waals surface area (Å²) < 4.78 is 22.9. The number of sulfone groups is 1. The first-order valence-electron chi connectivity index (χ1n) is 6.84. The topological polar surface area (TPSA) is 59.1 Å². The third kappa shape index (κ3) is 4.12.